The molecule has 19 heavy (non-hydrogen) atoms. The largest absolute Gasteiger partial charge is 0.396 e. The van der Waals surface area contributed by atoms with Crippen molar-refractivity contribution in [2.75, 3.05) is 12.4 Å². The van der Waals surface area contributed by atoms with Crippen LogP contribution in [0.4, 0.5) is 4.79 Å². The molecule has 3 N–H and O–H groups in total. The maximum Gasteiger partial charge on any atom is 0.315 e. The van der Waals surface area contributed by atoms with E-state index in [2.05, 4.69) is 17.6 Å². The Balaban J connectivity index is 2.35. The van der Waals surface area contributed by atoms with E-state index >= 15 is 0 Å². The molecule has 0 heterocycles. The summed E-state index contributed by atoms with van der Waals surface area (Å²) in [4.78, 5) is 12.0. The molecule has 4 nitrogen and oxygen atoms in total. The lowest BCUT2D eigenvalue weighted by Crippen LogP contribution is -2.52. The van der Waals surface area contributed by atoms with Crippen molar-refractivity contribution < 1.29 is 9.90 Å². The molecule has 1 saturated carbocycles. The van der Waals surface area contributed by atoms with E-state index in [1.807, 2.05) is 25.6 Å². The van der Waals surface area contributed by atoms with Gasteiger partial charge in [-0.15, -0.1) is 0 Å². The van der Waals surface area contributed by atoms with Crippen LogP contribution in [0, 0.1) is 0 Å². The van der Waals surface area contributed by atoms with E-state index in [1.54, 1.807) is 0 Å². The molecule has 0 aromatic carbocycles. The molecule has 0 saturated heterocycles. The number of aliphatic hydroxyl groups excluding tert-OH is 1. The van der Waals surface area contributed by atoms with Crippen molar-refractivity contribution in [3.05, 3.63) is 0 Å². The van der Waals surface area contributed by atoms with Crippen molar-refractivity contribution in [3.63, 3.8) is 0 Å². The molecule has 2 amide bonds. The summed E-state index contributed by atoms with van der Waals surface area (Å²) in [6, 6.07) is 0.212. The van der Waals surface area contributed by atoms with E-state index < -0.39 is 0 Å². The fourth-order valence-corrected chi connectivity index (χ4v) is 3.67. The molecular weight excluding hydrogens is 260 g/mol. The highest BCUT2D eigenvalue weighted by molar-refractivity contribution is 7.99. The quantitative estimate of drug-likeness (QED) is 0.674. The minimum Gasteiger partial charge on any atom is -0.396 e. The van der Waals surface area contributed by atoms with Gasteiger partial charge in [0.1, 0.15) is 0 Å². The van der Waals surface area contributed by atoms with Gasteiger partial charge in [-0.2, -0.15) is 11.8 Å². The normalized spacial score (nSPS) is 25.9. The molecule has 1 aliphatic rings. The highest BCUT2D eigenvalue weighted by atomic mass is 32.2. The molecular formula is C14H28N2O2S. The molecule has 3 atom stereocenters. The van der Waals surface area contributed by atoms with Crippen molar-refractivity contribution in [3.8, 4) is 0 Å². The molecule has 0 aromatic rings. The van der Waals surface area contributed by atoms with Gasteiger partial charge in [-0.25, -0.2) is 4.79 Å². The summed E-state index contributed by atoms with van der Waals surface area (Å²) in [7, 11) is 0. The number of aliphatic hydroxyl groups is 1. The summed E-state index contributed by atoms with van der Waals surface area (Å²) in [6.07, 6.45) is 4.77. The Morgan fingerprint density at radius 3 is 2.74 bits per heavy atom. The van der Waals surface area contributed by atoms with Gasteiger partial charge in [0.05, 0.1) is 0 Å². The number of carbonyl (C=O) groups excluding carboxylic acids is 1. The van der Waals surface area contributed by atoms with E-state index in [1.165, 1.54) is 6.42 Å². The summed E-state index contributed by atoms with van der Waals surface area (Å²) in [6.45, 7) is 6.29. The van der Waals surface area contributed by atoms with Gasteiger partial charge in [0.2, 0.25) is 0 Å². The average Bonchev–Trinajstić information content (AvgIpc) is 2.77. The molecule has 1 aliphatic carbocycles. The summed E-state index contributed by atoms with van der Waals surface area (Å²) in [5.41, 5.74) is -0.311. The van der Waals surface area contributed by atoms with Gasteiger partial charge >= 0.3 is 6.03 Å². The lowest BCUT2D eigenvalue weighted by molar-refractivity contribution is 0.198. The van der Waals surface area contributed by atoms with E-state index in [4.69, 9.17) is 5.11 Å². The molecule has 0 aliphatic heterocycles. The number of rotatable bonds is 7. The van der Waals surface area contributed by atoms with Gasteiger partial charge in [-0.1, -0.05) is 13.8 Å². The van der Waals surface area contributed by atoms with E-state index in [-0.39, 0.29) is 18.2 Å². The second-order valence-electron chi connectivity index (χ2n) is 5.57. The maximum absolute atomic E-state index is 12.0. The summed E-state index contributed by atoms with van der Waals surface area (Å²) < 4.78 is 0. The Morgan fingerprint density at radius 1 is 1.42 bits per heavy atom. The van der Waals surface area contributed by atoms with Gasteiger partial charge in [-0.05, 0) is 44.8 Å². The van der Waals surface area contributed by atoms with Gasteiger partial charge in [-0.3, -0.25) is 0 Å². The molecule has 0 radical (unpaired) electrons. The maximum atomic E-state index is 12.0. The van der Waals surface area contributed by atoms with Crippen LogP contribution in [0.1, 0.15) is 52.9 Å². The van der Waals surface area contributed by atoms with Crippen molar-refractivity contribution in [2.24, 2.45) is 0 Å². The van der Waals surface area contributed by atoms with Gasteiger partial charge in [0.25, 0.3) is 0 Å². The van der Waals surface area contributed by atoms with E-state index in [0.717, 1.165) is 25.0 Å². The van der Waals surface area contributed by atoms with Crippen LogP contribution in [-0.4, -0.2) is 40.3 Å². The van der Waals surface area contributed by atoms with Crippen molar-refractivity contribution in [1.29, 1.82) is 0 Å². The fourth-order valence-electron chi connectivity index (χ4n) is 2.53. The van der Waals surface area contributed by atoms with Crippen molar-refractivity contribution >= 4 is 17.8 Å². The van der Waals surface area contributed by atoms with Gasteiger partial charge in [0, 0.05) is 23.4 Å². The predicted octanol–water partition coefficient (Wildman–Crippen LogP) is 2.51. The minimum atomic E-state index is -0.311. The molecule has 112 valence electrons. The first kappa shape index (κ1) is 16.6. The first-order valence-electron chi connectivity index (χ1n) is 7.34. The summed E-state index contributed by atoms with van der Waals surface area (Å²) >= 11 is 1.99. The number of urea groups is 1. The molecule has 1 fully saturated rings. The molecule has 3 unspecified atom stereocenters. The molecule has 0 bridgehead atoms. The summed E-state index contributed by atoms with van der Waals surface area (Å²) in [5, 5.41) is 15.8. The van der Waals surface area contributed by atoms with E-state index in [9.17, 15) is 4.79 Å². The van der Waals surface area contributed by atoms with Crippen molar-refractivity contribution in [1.82, 2.24) is 10.6 Å². The standard InChI is InChI=1S/C14H28N2O2S/c1-4-14(3,8-9-17)16-13(18)15-11-6-7-12(10-11)19-5-2/h11-12,17H,4-10H2,1-3H3,(H2,15,16,18). The number of carbonyl (C=O) groups is 1. The number of amides is 2. The zero-order valence-corrected chi connectivity index (χ0v) is 13.2. The average molecular weight is 288 g/mol. The van der Waals surface area contributed by atoms with E-state index in [0.29, 0.717) is 17.7 Å². The smallest absolute Gasteiger partial charge is 0.315 e. The first-order chi connectivity index (χ1) is 9.03. The highest BCUT2D eigenvalue weighted by Crippen LogP contribution is 2.29. The van der Waals surface area contributed by atoms with Crippen molar-refractivity contribution in [2.45, 2.75) is 69.7 Å². The number of thioether (sulfide) groups is 1. The Morgan fingerprint density at radius 2 is 2.16 bits per heavy atom. The van der Waals surface area contributed by atoms with Crippen LogP contribution >= 0.6 is 11.8 Å². The highest BCUT2D eigenvalue weighted by Gasteiger charge is 2.28. The number of hydrogen-bond donors (Lipinski definition) is 3. The van der Waals surface area contributed by atoms with Crippen LogP contribution < -0.4 is 10.6 Å². The lowest BCUT2D eigenvalue weighted by atomic mass is 9.95. The van der Waals surface area contributed by atoms with Crippen LogP contribution in [0.2, 0.25) is 0 Å². The van der Waals surface area contributed by atoms with Gasteiger partial charge < -0.3 is 15.7 Å². The third-order valence-electron chi connectivity index (χ3n) is 3.98. The third-order valence-corrected chi connectivity index (χ3v) is 5.21. The Labute approximate surface area is 121 Å². The Bertz CT molecular complexity index is 289. The molecule has 0 aromatic heterocycles. The van der Waals surface area contributed by atoms with Crippen LogP contribution in [0.15, 0.2) is 0 Å². The number of nitrogens with one attached hydrogen (secondary N) is 2. The molecule has 5 heteroatoms. The van der Waals surface area contributed by atoms with Crippen LogP contribution in [-0.2, 0) is 0 Å². The fraction of sp³-hybridized carbons (Fsp3) is 0.929. The SMILES string of the molecule is CCSC1CCC(NC(=O)NC(C)(CC)CCO)C1. The van der Waals surface area contributed by atoms with Crippen LogP contribution in [0.25, 0.3) is 0 Å². The van der Waals surface area contributed by atoms with Gasteiger partial charge in [0.15, 0.2) is 0 Å². The molecule has 0 spiro atoms. The topological polar surface area (TPSA) is 61.4 Å². The minimum absolute atomic E-state index is 0.0926. The lowest BCUT2D eigenvalue weighted by Gasteiger charge is -2.29. The monoisotopic (exact) mass is 288 g/mol. The molecule has 1 rings (SSSR count). The second kappa shape index (κ2) is 8.00. The van der Waals surface area contributed by atoms with Crippen LogP contribution in [0.3, 0.4) is 0 Å². The number of hydrogen-bond acceptors (Lipinski definition) is 3. The van der Waals surface area contributed by atoms with Crippen LogP contribution in [0.5, 0.6) is 0 Å². The zero-order valence-electron chi connectivity index (χ0n) is 12.4. The Kier molecular flexibility index (Phi) is 7.00. The Hall–Kier alpha value is -0.420. The second-order valence-corrected chi connectivity index (χ2v) is 7.15. The summed E-state index contributed by atoms with van der Waals surface area (Å²) in [5.74, 6) is 1.15. The zero-order chi connectivity index (χ0) is 14.3. The third kappa shape index (κ3) is 5.61. The first-order valence-corrected chi connectivity index (χ1v) is 8.39. The predicted molar refractivity (Wildman–Crippen MR) is 81.6 cm³/mol.